The molecule has 2 atom stereocenters. The van der Waals surface area contributed by atoms with E-state index in [1.165, 1.54) is 16.2 Å². The van der Waals surface area contributed by atoms with Crippen LogP contribution in [-0.2, 0) is 14.4 Å². The number of hydrogen-bond acceptors (Lipinski definition) is 5. The van der Waals surface area contributed by atoms with Gasteiger partial charge in [-0.25, -0.2) is 4.98 Å². The van der Waals surface area contributed by atoms with E-state index in [0.717, 1.165) is 11.3 Å². The van der Waals surface area contributed by atoms with E-state index < -0.39 is 0 Å². The van der Waals surface area contributed by atoms with Gasteiger partial charge in [0.1, 0.15) is 0 Å². The molecule has 3 amide bonds. The molecule has 1 aromatic carbocycles. The molecule has 6 nitrogen and oxygen atoms in total. The van der Waals surface area contributed by atoms with Crippen LogP contribution in [0.1, 0.15) is 19.3 Å². The number of benzene rings is 1. The Morgan fingerprint density at radius 2 is 1.79 bits per heavy atom. The molecule has 2 aromatic rings. The summed E-state index contributed by atoms with van der Waals surface area (Å²) in [6, 6.07) is 7.29. The molecule has 0 radical (unpaired) electrons. The molecule has 1 aromatic heterocycles. The highest BCUT2D eigenvalue weighted by molar-refractivity contribution is 7.14. The molecule has 0 bridgehead atoms. The SMILES string of the molecule is O=C(CCN1C(=O)[C@H]2CC=CC[C@H]2C1=O)Nc1nc(-c2ccc(Cl)cc2)cs1. The van der Waals surface area contributed by atoms with E-state index in [9.17, 15) is 14.4 Å². The van der Waals surface area contributed by atoms with Gasteiger partial charge in [-0.05, 0) is 25.0 Å². The third kappa shape index (κ3) is 3.72. The van der Waals surface area contributed by atoms with Crippen LogP contribution in [0.25, 0.3) is 11.3 Å². The topological polar surface area (TPSA) is 79.4 Å². The Balaban J connectivity index is 1.33. The number of carbonyl (C=O) groups excluding carboxylic acids is 3. The molecule has 8 heteroatoms. The van der Waals surface area contributed by atoms with Gasteiger partial charge in [-0.1, -0.05) is 35.9 Å². The number of nitrogens with zero attached hydrogens (tertiary/aromatic N) is 2. The molecule has 2 aliphatic rings. The molecule has 28 heavy (non-hydrogen) atoms. The first-order valence-corrected chi connectivity index (χ1v) is 10.3. The van der Waals surface area contributed by atoms with E-state index in [2.05, 4.69) is 10.3 Å². The Hall–Kier alpha value is -2.51. The number of halogens is 1. The second-order valence-electron chi connectivity index (χ2n) is 6.83. The number of amides is 3. The van der Waals surface area contributed by atoms with Crippen LogP contribution in [0.5, 0.6) is 0 Å². The highest BCUT2D eigenvalue weighted by Gasteiger charge is 2.46. The fourth-order valence-electron chi connectivity index (χ4n) is 3.57. The van der Waals surface area contributed by atoms with Gasteiger partial charge in [0.15, 0.2) is 5.13 Å². The van der Waals surface area contributed by atoms with Gasteiger partial charge in [-0.15, -0.1) is 11.3 Å². The van der Waals surface area contributed by atoms with Crippen LogP contribution < -0.4 is 5.32 Å². The Bertz CT molecular complexity index is 928. The standard InChI is InChI=1S/C20H18ClN3O3S/c21-13-7-5-12(6-8-13)16-11-28-20(22-16)23-17(25)9-10-24-18(26)14-3-1-2-4-15(14)19(24)27/h1-2,5-8,11,14-15H,3-4,9-10H2,(H,22,23,25)/t14-,15+. The van der Waals surface area contributed by atoms with Crippen molar-refractivity contribution in [2.75, 3.05) is 11.9 Å². The molecule has 0 spiro atoms. The Morgan fingerprint density at radius 3 is 2.43 bits per heavy atom. The fourth-order valence-corrected chi connectivity index (χ4v) is 4.43. The van der Waals surface area contributed by atoms with Crippen LogP contribution in [0.15, 0.2) is 41.8 Å². The first-order valence-electron chi connectivity index (χ1n) is 9.04. The maximum atomic E-state index is 12.4. The van der Waals surface area contributed by atoms with Gasteiger partial charge in [0.05, 0.1) is 17.5 Å². The lowest BCUT2D eigenvalue weighted by Gasteiger charge is -2.14. The van der Waals surface area contributed by atoms with Crippen molar-refractivity contribution in [1.29, 1.82) is 0 Å². The van der Waals surface area contributed by atoms with Gasteiger partial charge in [0.25, 0.3) is 0 Å². The van der Waals surface area contributed by atoms with Gasteiger partial charge < -0.3 is 5.32 Å². The number of imide groups is 1. The molecule has 2 heterocycles. The number of rotatable bonds is 5. The number of thiazole rings is 1. The van der Waals surface area contributed by atoms with Crippen molar-refractivity contribution in [3.8, 4) is 11.3 Å². The molecule has 4 rings (SSSR count). The molecular formula is C20H18ClN3O3S. The smallest absolute Gasteiger partial charge is 0.233 e. The summed E-state index contributed by atoms with van der Waals surface area (Å²) in [4.78, 5) is 42.8. The van der Waals surface area contributed by atoms with E-state index in [4.69, 9.17) is 11.6 Å². The van der Waals surface area contributed by atoms with Crippen LogP contribution in [0.4, 0.5) is 5.13 Å². The lowest BCUT2D eigenvalue weighted by atomic mass is 9.85. The molecule has 1 fully saturated rings. The van der Waals surface area contributed by atoms with Crippen molar-refractivity contribution < 1.29 is 14.4 Å². The largest absolute Gasteiger partial charge is 0.302 e. The molecule has 1 saturated heterocycles. The minimum atomic E-state index is -0.273. The number of carbonyl (C=O) groups is 3. The first-order chi connectivity index (χ1) is 13.5. The van der Waals surface area contributed by atoms with Gasteiger partial charge >= 0.3 is 0 Å². The van der Waals surface area contributed by atoms with Gasteiger partial charge in [-0.2, -0.15) is 0 Å². The van der Waals surface area contributed by atoms with Crippen LogP contribution >= 0.6 is 22.9 Å². The van der Waals surface area contributed by atoms with Crippen molar-refractivity contribution in [3.05, 3.63) is 46.8 Å². The minimum absolute atomic E-state index is 0.0558. The molecule has 0 unspecified atom stereocenters. The summed E-state index contributed by atoms with van der Waals surface area (Å²) in [5, 5.41) is 5.72. The first kappa shape index (κ1) is 18.8. The lowest BCUT2D eigenvalue weighted by molar-refractivity contribution is -0.140. The molecule has 0 saturated carbocycles. The highest BCUT2D eigenvalue weighted by Crippen LogP contribution is 2.35. The number of hydrogen-bond donors (Lipinski definition) is 1. The zero-order valence-electron chi connectivity index (χ0n) is 14.9. The molecule has 1 N–H and O–H groups in total. The van der Waals surface area contributed by atoms with Crippen LogP contribution in [0.3, 0.4) is 0 Å². The summed E-state index contributed by atoms with van der Waals surface area (Å²) in [5.74, 6) is -1.12. The van der Waals surface area contributed by atoms with Crippen molar-refractivity contribution in [3.63, 3.8) is 0 Å². The van der Waals surface area contributed by atoms with Gasteiger partial charge in [0.2, 0.25) is 17.7 Å². The average molecular weight is 416 g/mol. The van der Waals surface area contributed by atoms with Crippen molar-refractivity contribution in [2.24, 2.45) is 11.8 Å². The second-order valence-corrected chi connectivity index (χ2v) is 8.12. The van der Waals surface area contributed by atoms with Crippen molar-refractivity contribution in [1.82, 2.24) is 9.88 Å². The van der Waals surface area contributed by atoms with E-state index in [1.54, 1.807) is 12.1 Å². The number of allylic oxidation sites excluding steroid dienone is 2. The number of aromatic nitrogens is 1. The number of nitrogens with one attached hydrogen (secondary N) is 1. The summed E-state index contributed by atoms with van der Waals surface area (Å²) in [6.07, 6.45) is 5.15. The quantitative estimate of drug-likeness (QED) is 0.595. The van der Waals surface area contributed by atoms with E-state index in [0.29, 0.717) is 23.0 Å². The van der Waals surface area contributed by atoms with Gasteiger partial charge in [0, 0.05) is 28.9 Å². The number of likely N-dealkylation sites (tertiary alicyclic amines) is 1. The van der Waals surface area contributed by atoms with E-state index in [1.807, 2.05) is 29.7 Å². The van der Waals surface area contributed by atoms with Crippen LogP contribution in [0, 0.1) is 11.8 Å². The maximum Gasteiger partial charge on any atom is 0.233 e. The number of anilines is 1. The predicted octanol–water partition coefficient (Wildman–Crippen LogP) is 3.74. The van der Waals surface area contributed by atoms with Crippen LogP contribution in [0.2, 0.25) is 5.02 Å². The molecule has 144 valence electrons. The summed E-state index contributed by atoms with van der Waals surface area (Å²) in [7, 11) is 0. The second kappa shape index (κ2) is 7.85. The highest BCUT2D eigenvalue weighted by atomic mass is 35.5. The third-order valence-electron chi connectivity index (χ3n) is 5.05. The summed E-state index contributed by atoms with van der Waals surface area (Å²) in [6.45, 7) is 0.103. The third-order valence-corrected chi connectivity index (χ3v) is 6.06. The Kier molecular flexibility index (Phi) is 5.28. The monoisotopic (exact) mass is 415 g/mol. The van der Waals surface area contributed by atoms with E-state index in [-0.39, 0.29) is 42.5 Å². The normalized spacial score (nSPS) is 21.1. The molecule has 1 aliphatic heterocycles. The van der Waals surface area contributed by atoms with Crippen molar-refractivity contribution >= 4 is 45.8 Å². The number of fused-ring (bicyclic) bond motifs is 1. The van der Waals surface area contributed by atoms with Crippen LogP contribution in [-0.4, -0.2) is 34.2 Å². The minimum Gasteiger partial charge on any atom is -0.302 e. The van der Waals surface area contributed by atoms with E-state index >= 15 is 0 Å². The summed E-state index contributed by atoms with van der Waals surface area (Å²) < 4.78 is 0. The lowest BCUT2D eigenvalue weighted by Crippen LogP contribution is -2.34. The zero-order valence-corrected chi connectivity index (χ0v) is 16.5. The van der Waals surface area contributed by atoms with Crippen molar-refractivity contribution in [2.45, 2.75) is 19.3 Å². The average Bonchev–Trinajstić information content (AvgIpc) is 3.25. The Morgan fingerprint density at radius 1 is 1.14 bits per heavy atom. The summed E-state index contributed by atoms with van der Waals surface area (Å²) >= 11 is 7.21. The van der Waals surface area contributed by atoms with Gasteiger partial charge in [-0.3, -0.25) is 19.3 Å². The fraction of sp³-hybridized carbons (Fsp3) is 0.300. The Labute approximate surface area is 171 Å². The predicted molar refractivity (Wildman–Crippen MR) is 108 cm³/mol. The zero-order chi connectivity index (χ0) is 19.7. The summed E-state index contributed by atoms with van der Waals surface area (Å²) in [5.41, 5.74) is 1.66. The molecule has 1 aliphatic carbocycles. The maximum absolute atomic E-state index is 12.4. The molecular weight excluding hydrogens is 398 g/mol.